The molecule has 0 saturated carbocycles. The van der Waals surface area contributed by atoms with Gasteiger partial charge in [0.25, 0.3) is 0 Å². The molecule has 0 spiro atoms. The van der Waals surface area contributed by atoms with Gasteiger partial charge in [-0.2, -0.15) is 0 Å². The van der Waals surface area contributed by atoms with Gasteiger partial charge in [0.05, 0.1) is 19.8 Å². The largest absolute Gasteiger partial charge is 0.468 e. The number of carbonyl (C=O) groups excluding carboxylic acids is 3. The lowest BCUT2D eigenvalue weighted by Crippen LogP contribution is -2.44. The van der Waals surface area contributed by atoms with E-state index in [2.05, 4.69) is 6.58 Å². The summed E-state index contributed by atoms with van der Waals surface area (Å²) in [5.74, 6) is -2.38. The molecular formula is C21H28O6. The van der Waals surface area contributed by atoms with Gasteiger partial charge >= 0.3 is 11.9 Å². The van der Waals surface area contributed by atoms with E-state index in [4.69, 9.17) is 14.2 Å². The fraction of sp³-hybridized carbons (Fsp3) is 0.476. The molecule has 0 heterocycles. The van der Waals surface area contributed by atoms with Crippen molar-refractivity contribution in [2.24, 2.45) is 5.92 Å². The second-order valence-corrected chi connectivity index (χ2v) is 6.24. The fourth-order valence-electron chi connectivity index (χ4n) is 2.77. The van der Waals surface area contributed by atoms with E-state index in [1.807, 2.05) is 37.3 Å². The first-order chi connectivity index (χ1) is 12.9. The molecule has 0 fully saturated rings. The molecule has 1 rings (SSSR count). The molecule has 6 heteroatoms. The van der Waals surface area contributed by atoms with Crippen LogP contribution in [-0.4, -0.2) is 37.5 Å². The highest BCUT2D eigenvalue weighted by molar-refractivity contribution is 5.87. The van der Waals surface area contributed by atoms with E-state index in [-0.39, 0.29) is 12.2 Å². The highest BCUT2D eigenvalue weighted by atomic mass is 16.6. The van der Waals surface area contributed by atoms with Crippen molar-refractivity contribution in [3.05, 3.63) is 48.0 Å². The molecule has 0 aliphatic heterocycles. The minimum atomic E-state index is -1.12. The number of methoxy groups -OCH3 is 1. The number of hydrogen-bond acceptors (Lipinski definition) is 6. The lowest BCUT2D eigenvalue weighted by molar-refractivity contribution is -0.169. The van der Waals surface area contributed by atoms with E-state index in [1.54, 1.807) is 0 Å². The van der Waals surface area contributed by atoms with Crippen molar-refractivity contribution >= 4 is 18.2 Å². The summed E-state index contributed by atoms with van der Waals surface area (Å²) in [7, 11) is 1.21. The lowest BCUT2D eigenvalue weighted by atomic mass is 9.89. The van der Waals surface area contributed by atoms with Crippen molar-refractivity contribution in [2.75, 3.05) is 7.11 Å². The van der Waals surface area contributed by atoms with Crippen molar-refractivity contribution in [3.8, 4) is 0 Å². The summed E-state index contributed by atoms with van der Waals surface area (Å²) in [4.78, 5) is 35.3. The second kappa shape index (κ2) is 12.0. The van der Waals surface area contributed by atoms with Gasteiger partial charge in [-0.25, -0.2) is 0 Å². The number of carbonyl (C=O) groups is 3. The zero-order valence-electron chi connectivity index (χ0n) is 16.2. The molecule has 27 heavy (non-hydrogen) atoms. The maximum Gasteiger partial charge on any atom is 0.317 e. The average molecular weight is 376 g/mol. The molecule has 148 valence electrons. The Bertz CT molecular complexity index is 625. The fourth-order valence-corrected chi connectivity index (χ4v) is 2.77. The number of aldehydes is 1. The number of unbranched alkanes of at least 4 members (excludes halogenated alkanes) is 1. The normalized spacial score (nSPS) is 13.9. The quantitative estimate of drug-likeness (QED) is 0.317. The highest BCUT2D eigenvalue weighted by Crippen LogP contribution is 2.26. The number of esters is 2. The summed E-state index contributed by atoms with van der Waals surface area (Å²) in [5, 5.41) is 0. The molecule has 0 aromatic heterocycles. The van der Waals surface area contributed by atoms with Gasteiger partial charge < -0.3 is 14.2 Å². The molecule has 3 atom stereocenters. The third kappa shape index (κ3) is 7.35. The van der Waals surface area contributed by atoms with Gasteiger partial charge in [0, 0.05) is 12.5 Å². The van der Waals surface area contributed by atoms with Crippen molar-refractivity contribution in [1.82, 2.24) is 0 Å². The maximum absolute atomic E-state index is 12.3. The van der Waals surface area contributed by atoms with Crippen LogP contribution in [-0.2, 0) is 35.2 Å². The zero-order chi connectivity index (χ0) is 20.2. The van der Waals surface area contributed by atoms with E-state index in [0.29, 0.717) is 12.7 Å². The predicted octanol–water partition coefficient (Wildman–Crippen LogP) is 3.24. The summed E-state index contributed by atoms with van der Waals surface area (Å²) in [5.41, 5.74) is 0.933. The van der Waals surface area contributed by atoms with Gasteiger partial charge in [0.15, 0.2) is 0 Å². The first-order valence-corrected chi connectivity index (χ1v) is 8.99. The minimum Gasteiger partial charge on any atom is -0.468 e. The van der Waals surface area contributed by atoms with Gasteiger partial charge in [-0.3, -0.25) is 14.4 Å². The molecule has 0 unspecified atom stereocenters. The van der Waals surface area contributed by atoms with Gasteiger partial charge in [-0.15, -0.1) is 0 Å². The standard InChI is InChI=1S/C21H28O6/c1-5-6-12-18(26-14-17-10-8-7-9-11-17)20(27-16(3)23)19(15(2)13-22)21(24)25-4/h7-11,13,18-20H,2,5-6,12,14H2,1,3-4H3/t18-,19+,20+/m0/s1. The summed E-state index contributed by atoms with van der Waals surface area (Å²) in [6, 6.07) is 9.53. The Kier molecular flexibility index (Phi) is 10.0. The van der Waals surface area contributed by atoms with Crippen LogP contribution in [0, 0.1) is 5.92 Å². The molecule has 0 aliphatic rings. The van der Waals surface area contributed by atoms with Crippen molar-refractivity contribution in [2.45, 2.75) is 51.9 Å². The van der Waals surface area contributed by atoms with Crippen molar-refractivity contribution < 1.29 is 28.6 Å². The Hall–Kier alpha value is -2.47. The van der Waals surface area contributed by atoms with Gasteiger partial charge in [-0.1, -0.05) is 56.7 Å². The minimum absolute atomic E-state index is 0.0158. The number of ether oxygens (including phenoxy) is 3. The van der Waals surface area contributed by atoms with Crippen LogP contribution in [0.5, 0.6) is 0 Å². The maximum atomic E-state index is 12.3. The molecule has 0 aliphatic carbocycles. The summed E-state index contributed by atoms with van der Waals surface area (Å²) in [6.07, 6.45) is 1.15. The second-order valence-electron chi connectivity index (χ2n) is 6.24. The van der Waals surface area contributed by atoms with Crippen LogP contribution in [0.25, 0.3) is 0 Å². The molecule has 0 N–H and O–H groups in total. The van der Waals surface area contributed by atoms with Crippen LogP contribution < -0.4 is 0 Å². The van der Waals surface area contributed by atoms with Crippen LogP contribution >= 0.6 is 0 Å². The molecule has 6 nitrogen and oxygen atoms in total. The highest BCUT2D eigenvalue weighted by Gasteiger charge is 2.40. The Morgan fingerprint density at radius 2 is 1.89 bits per heavy atom. The van der Waals surface area contributed by atoms with Crippen LogP contribution in [0.1, 0.15) is 38.7 Å². The van der Waals surface area contributed by atoms with E-state index in [0.717, 1.165) is 18.4 Å². The Balaban J connectivity index is 3.14. The summed E-state index contributed by atoms with van der Waals surface area (Å²) in [6.45, 7) is 7.20. The number of rotatable bonds is 12. The average Bonchev–Trinajstić information content (AvgIpc) is 2.67. The molecule has 1 aromatic carbocycles. The van der Waals surface area contributed by atoms with E-state index in [9.17, 15) is 14.4 Å². The first kappa shape index (κ1) is 22.6. The third-order valence-corrected chi connectivity index (χ3v) is 4.15. The number of hydrogen-bond donors (Lipinski definition) is 0. The summed E-state index contributed by atoms with van der Waals surface area (Å²) >= 11 is 0. The SMILES string of the molecule is C=C(C=O)[C@@H](C(=O)OC)[C@H](OC(C)=O)[C@H](CCCC)OCc1ccccc1. The Labute approximate surface area is 160 Å². The van der Waals surface area contributed by atoms with Crippen LogP contribution in [0.15, 0.2) is 42.5 Å². The molecule has 0 radical (unpaired) electrons. The van der Waals surface area contributed by atoms with Gasteiger partial charge in [0.1, 0.15) is 18.3 Å². The van der Waals surface area contributed by atoms with E-state index in [1.165, 1.54) is 14.0 Å². The smallest absolute Gasteiger partial charge is 0.317 e. The molecule has 0 amide bonds. The van der Waals surface area contributed by atoms with E-state index >= 15 is 0 Å². The monoisotopic (exact) mass is 376 g/mol. The zero-order valence-corrected chi connectivity index (χ0v) is 16.2. The van der Waals surface area contributed by atoms with Crippen LogP contribution in [0.2, 0.25) is 0 Å². The lowest BCUT2D eigenvalue weighted by Gasteiger charge is -2.31. The Morgan fingerprint density at radius 3 is 2.41 bits per heavy atom. The molecule has 0 bridgehead atoms. The number of benzene rings is 1. The van der Waals surface area contributed by atoms with Crippen LogP contribution in [0.4, 0.5) is 0 Å². The topological polar surface area (TPSA) is 78.9 Å². The Morgan fingerprint density at radius 1 is 1.22 bits per heavy atom. The van der Waals surface area contributed by atoms with Crippen molar-refractivity contribution in [1.29, 1.82) is 0 Å². The van der Waals surface area contributed by atoms with Gasteiger partial charge in [-0.05, 0) is 12.0 Å². The first-order valence-electron chi connectivity index (χ1n) is 8.99. The predicted molar refractivity (Wildman–Crippen MR) is 101 cm³/mol. The van der Waals surface area contributed by atoms with Gasteiger partial charge in [0.2, 0.25) is 0 Å². The van der Waals surface area contributed by atoms with Crippen molar-refractivity contribution in [3.63, 3.8) is 0 Å². The van der Waals surface area contributed by atoms with E-state index < -0.39 is 30.1 Å². The summed E-state index contributed by atoms with van der Waals surface area (Å²) < 4.78 is 16.3. The molecule has 1 aromatic rings. The van der Waals surface area contributed by atoms with Crippen LogP contribution in [0.3, 0.4) is 0 Å². The molecular weight excluding hydrogens is 348 g/mol. The molecule has 0 saturated heterocycles. The third-order valence-electron chi connectivity index (χ3n) is 4.15.